The lowest BCUT2D eigenvalue weighted by Crippen LogP contribution is -2.42. The molecule has 1 fully saturated rings. The Morgan fingerprint density at radius 3 is 2.74 bits per heavy atom. The van der Waals surface area contributed by atoms with Crippen molar-refractivity contribution < 1.29 is 0 Å². The number of aliphatic imine (C=N–C) groups is 1. The van der Waals surface area contributed by atoms with Crippen molar-refractivity contribution in [2.24, 2.45) is 16.6 Å². The molecular weight excluding hydrogens is 484 g/mol. The highest BCUT2D eigenvalue weighted by atomic mass is 127. The number of piperidine rings is 1. The maximum Gasteiger partial charge on any atom is 0.191 e. The number of hydrogen-bond acceptors (Lipinski definition) is 2. The molecule has 108 valence electrons. The number of hydrogen-bond donors (Lipinski definition) is 1. The Balaban J connectivity index is 0.00000180. The van der Waals surface area contributed by atoms with Gasteiger partial charge in [0.15, 0.2) is 5.96 Å². The average Bonchev–Trinajstić information content (AvgIpc) is 2.76. The van der Waals surface area contributed by atoms with E-state index in [1.165, 1.54) is 20.6 Å². The molecule has 0 spiro atoms. The lowest BCUT2D eigenvalue weighted by molar-refractivity contribution is 0.277. The van der Waals surface area contributed by atoms with Gasteiger partial charge in [-0.3, -0.25) is 4.99 Å². The van der Waals surface area contributed by atoms with Gasteiger partial charge in [0.1, 0.15) is 0 Å². The number of guanidine groups is 1. The summed E-state index contributed by atoms with van der Waals surface area (Å²) in [6.07, 6.45) is 3.47. The highest BCUT2D eigenvalue weighted by molar-refractivity contribution is 14.1. The smallest absolute Gasteiger partial charge is 0.191 e. The van der Waals surface area contributed by atoms with E-state index in [2.05, 4.69) is 51.5 Å². The summed E-state index contributed by atoms with van der Waals surface area (Å²) in [7, 11) is 0. The van der Waals surface area contributed by atoms with Gasteiger partial charge in [-0.25, -0.2) is 0 Å². The number of nitrogens with zero attached hydrogens (tertiary/aromatic N) is 2. The van der Waals surface area contributed by atoms with Crippen molar-refractivity contribution in [2.45, 2.75) is 26.2 Å². The first-order chi connectivity index (χ1) is 8.65. The molecule has 19 heavy (non-hydrogen) atoms. The minimum absolute atomic E-state index is 0. The first-order valence-corrected chi connectivity index (χ1v) is 8.34. The molecule has 1 aliphatic rings. The van der Waals surface area contributed by atoms with E-state index < -0.39 is 0 Å². The van der Waals surface area contributed by atoms with Gasteiger partial charge in [0.2, 0.25) is 0 Å². The number of rotatable bonds is 3. The summed E-state index contributed by atoms with van der Waals surface area (Å²) in [4.78, 5) is 8.11. The third-order valence-electron chi connectivity index (χ3n) is 3.37. The Labute approximate surface area is 150 Å². The van der Waals surface area contributed by atoms with E-state index in [1.54, 1.807) is 0 Å². The van der Waals surface area contributed by atoms with Gasteiger partial charge in [-0.1, -0.05) is 6.92 Å². The van der Waals surface area contributed by atoms with Gasteiger partial charge in [0.05, 0.1) is 2.88 Å². The predicted molar refractivity (Wildman–Crippen MR) is 103 cm³/mol. The van der Waals surface area contributed by atoms with Crippen molar-refractivity contribution in [3.63, 3.8) is 0 Å². The molecule has 2 rings (SSSR count). The van der Waals surface area contributed by atoms with E-state index in [9.17, 15) is 0 Å². The molecule has 0 aromatic carbocycles. The van der Waals surface area contributed by atoms with Crippen LogP contribution in [0.1, 0.15) is 24.6 Å². The molecule has 0 aliphatic carbocycles. The second-order valence-corrected chi connectivity index (χ2v) is 7.93. The molecule has 1 aromatic heterocycles. The first-order valence-electron chi connectivity index (χ1n) is 6.44. The van der Waals surface area contributed by atoms with Gasteiger partial charge >= 0.3 is 0 Å². The van der Waals surface area contributed by atoms with Gasteiger partial charge in [0.25, 0.3) is 0 Å². The van der Waals surface area contributed by atoms with Crippen LogP contribution < -0.4 is 5.73 Å². The van der Waals surface area contributed by atoms with Crippen LogP contribution in [0.3, 0.4) is 0 Å². The van der Waals surface area contributed by atoms with Crippen LogP contribution in [-0.4, -0.2) is 30.5 Å². The van der Waals surface area contributed by atoms with E-state index in [0.29, 0.717) is 0 Å². The van der Waals surface area contributed by atoms with Gasteiger partial charge in [-0.05, 0) is 53.5 Å². The fraction of sp³-hybridized carbons (Fsp3) is 0.615. The fourth-order valence-electron chi connectivity index (χ4n) is 2.10. The SMILES string of the molecule is CC1CCN(C(N)=NCCc2ccc(I)s2)CC1.I. The number of nitrogens with two attached hydrogens (primary N) is 1. The standard InChI is InChI=1S/C13H20IN3S.HI/c1-10-5-8-17(9-6-10)13(15)16-7-4-11-2-3-12(14)18-11;/h2-3,10H,4-9H2,1H3,(H2,15,16);1H. The lowest BCUT2D eigenvalue weighted by Gasteiger charge is -2.31. The Bertz CT molecular complexity index is 412. The highest BCUT2D eigenvalue weighted by Gasteiger charge is 2.16. The van der Waals surface area contributed by atoms with Crippen LogP contribution in [-0.2, 0) is 6.42 Å². The van der Waals surface area contributed by atoms with Crippen LogP contribution >= 0.6 is 57.9 Å². The van der Waals surface area contributed by atoms with Crippen LogP contribution in [0.5, 0.6) is 0 Å². The van der Waals surface area contributed by atoms with E-state index in [0.717, 1.165) is 37.9 Å². The molecule has 0 atom stereocenters. The first kappa shape index (κ1) is 17.5. The molecule has 1 aromatic rings. The Hall–Kier alpha value is 0.430. The maximum atomic E-state index is 6.04. The minimum atomic E-state index is 0. The van der Waals surface area contributed by atoms with Gasteiger partial charge in [0, 0.05) is 30.9 Å². The van der Waals surface area contributed by atoms with Crippen molar-refractivity contribution in [3.8, 4) is 0 Å². The molecule has 0 bridgehead atoms. The molecule has 3 nitrogen and oxygen atoms in total. The van der Waals surface area contributed by atoms with E-state index in [-0.39, 0.29) is 24.0 Å². The molecular formula is C13H21I2N3S. The van der Waals surface area contributed by atoms with Crippen LogP contribution in [0.25, 0.3) is 0 Å². The topological polar surface area (TPSA) is 41.6 Å². The van der Waals surface area contributed by atoms with E-state index >= 15 is 0 Å². The van der Waals surface area contributed by atoms with Gasteiger partial charge < -0.3 is 10.6 Å². The second kappa shape index (κ2) is 8.66. The zero-order chi connectivity index (χ0) is 13.0. The van der Waals surface area contributed by atoms with Crippen LogP contribution in [0.2, 0.25) is 0 Å². The quantitative estimate of drug-likeness (QED) is 0.388. The summed E-state index contributed by atoms with van der Waals surface area (Å²) in [6, 6.07) is 4.33. The summed E-state index contributed by atoms with van der Waals surface area (Å²) >= 11 is 4.19. The van der Waals surface area contributed by atoms with Crippen molar-refractivity contribution in [1.29, 1.82) is 0 Å². The predicted octanol–water partition coefficient (Wildman–Crippen LogP) is 3.56. The molecule has 0 radical (unpaired) electrons. The third-order valence-corrected chi connectivity index (χ3v) is 5.32. The van der Waals surface area contributed by atoms with Crippen LogP contribution in [0.4, 0.5) is 0 Å². The molecule has 0 saturated carbocycles. The van der Waals surface area contributed by atoms with E-state index in [1.807, 2.05) is 11.3 Å². The summed E-state index contributed by atoms with van der Waals surface area (Å²) in [6.45, 7) is 5.23. The maximum absolute atomic E-state index is 6.04. The number of likely N-dealkylation sites (tertiary alicyclic amines) is 1. The zero-order valence-corrected chi connectivity index (χ0v) is 16.4. The summed E-state index contributed by atoms with van der Waals surface area (Å²) in [5.74, 6) is 1.57. The Kier molecular flexibility index (Phi) is 7.97. The summed E-state index contributed by atoms with van der Waals surface area (Å²) in [5.41, 5.74) is 6.04. The monoisotopic (exact) mass is 505 g/mol. The Morgan fingerprint density at radius 2 is 2.16 bits per heavy atom. The van der Waals surface area contributed by atoms with Crippen molar-refractivity contribution >= 4 is 63.9 Å². The minimum Gasteiger partial charge on any atom is -0.370 e. The molecule has 1 aliphatic heterocycles. The molecule has 0 amide bonds. The van der Waals surface area contributed by atoms with Crippen molar-refractivity contribution in [1.82, 2.24) is 4.90 Å². The third kappa shape index (κ3) is 5.74. The molecule has 2 N–H and O–H groups in total. The largest absolute Gasteiger partial charge is 0.370 e. The van der Waals surface area contributed by atoms with Gasteiger partial charge in [-0.2, -0.15) is 0 Å². The summed E-state index contributed by atoms with van der Waals surface area (Å²) in [5, 5.41) is 0. The Morgan fingerprint density at radius 1 is 1.47 bits per heavy atom. The number of halogens is 2. The zero-order valence-electron chi connectivity index (χ0n) is 11.1. The van der Waals surface area contributed by atoms with Crippen molar-refractivity contribution in [3.05, 3.63) is 19.9 Å². The molecule has 2 heterocycles. The van der Waals surface area contributed by atoms with E-state index in [4.69, 9.17) is 5.73 Å². The fourth-order valence-corrected chi connectivity index (χ4v) is 3.85. The average molecular weight is 505 g/mol. The van der Waals surface area contributed by atoms with Crippen LogP contribution in [0, 0.1) is 8.80 Å². The second-order valence-electron chi connectivity index (χ2n) is 4.87. The normalized spacial score (nSPS) is 17.4. The molecule has 1 saturated heterocycles. The highest BCUT2D eigenvalue weighted by Crippen LogP contribution is 2.19. The molecule has 0 unspecified atom stereocenters. The number of thiophene rings is 1. The van der Waals surface area contributed by atoms with Crippen molar-refractivity contribution in [2.75, 3.05) is 19.6 Å². The van der Waals surface area contributed by atoms with Crippen LogP contribution in [0.15, 0.2) is 17.1 Å². The lowest BCUT2D eigenvalue weighted by atomic mass is 10.00. The molecule has 6 heteroatoms. The summed E-state index contributed by atoms with van der Waals surface area (Å²) < 4.78 is 1.34. The van der Waals surface area contributed by atoms with Gasteiger partial charge in [-0.15, -0.1) is 35.3 Å².